The molecule has 1 aromatic carbocycles. The summed E-state index contributed by atoms with van der Waals surface area (Å²) in [4.78, 5) is 0. The van der Waals surface area contributed by atoms with Crippen molar-refractivity contribution < 1.29 is 0 Å². The number of hydrogen-bond acceptors (Lipinski definition) is 4. The van der Waals surface area contributed by atoms with Gasteiger partial charge in [0.15, 0.2) is 5.82 Å². The molecular weight excluding hydrogens is 312 g/mol. The van der Waals surface area contributed by atoms with E-state index in [1.807, 2.05) is 24.0 Å². The molecule has 130 valence electrons. The van der Waals surface area contributed by atoms with Crippen LogP contribution in [0.25, 0.3) is 11.4 Å². The van der Waals surface area contributed by atoms with Crippen molar-refractivity contribution in [3.63, 3.8) is 0 Å². The molecule has 0 bridgehead atoms. The van der Waals surface area contributed by atoms with Crippen LogP contribution in [0.15, 0.2) is 30.5 Å². The van der Waals surface area contributed by atoms with Gasteiger partial charge in [0.1, 0.15) is 5.82 Å². The molecule has 1 N–H and O–H groups in total. The predicted octanol–water partition coefficient (Wildman–Crippen LogP) is 3.33. The van der Waals surface area contributed by atoms with E-state index in [0.717, 1.165) is 48.1 Å². The number of hydrogen-bond donors (Lipinski definition) is 1. The summed E-state index contributed by atoms with van der Waals surface area (Å²) in [6.07, 6.45) is 6.55. The number of aryl methyl sites for hydroxylation is 3. The first-order chi connectivity index (χ1) is 12.2. The maximum Gasteiger partial charge on any atom is 0.164 e. The minimum atomic E-state index is 0.749. The number of nitrogens with one attached hydrogen (secondary N) is 1. The lowest BCUT2D eigenvalue weighted by atomic mass is 10.1. The lowest BCUT2D eigenvalue weighted by Gasteiger charge is -2.13. The van der Waals surface area contributed by atoms with Gasteiger partial charge in [0.2, 0.25) is 0 Å². The van der Waals surface area contributed by atoms with Crippen molar-refractivity contribution in [1.82, 2.24) is 24.5 Å². The number of benzene rings is 1. The van der Waals surface area contributed by atoms with Crippen LogP contribution in [0.1, 0.15) is 36.3 Å². The molecule has 1 aliphatic rings. The van der Waals surface area contributed by atoms with Crippen LogP contribution < -0.4 is 5.32 Å². The number of aromatic nitrogens is 5. The quantitative estimate of drug-likeness (QED) is 0.794. The molecule has 0 radical (unpaired) electrons. The molecule has 4 rings (SSSR count). The van der Waals surface area contributed by atoms with Crippen molar-refractivity contribution in [1.29, 1.82) is 0 Å². The molecule has 0 saturated carbocycles. The first-order valence-corrected chi connectivity index (χ1v) is 8.96. The van der Waals surface area contributed by atoms with E-state index in [2.05, 4.69) is 50.3 Å². The summed E-state index contributed by atoms with van der Waals surface area (Å²) >= 11 is 0. The molecule has 0 saturated heterocycles. The molecule has 0 atom stereocenters. The van der Waals surface area contributed by atoms with Crippen LogP contribution >= 0.6 is 0 Å². The molecule has 25 heavy (non-hydrogen) atoms. The molecule has 3 aromatic rings. The first-order valence-electron chi connectivity index (χ1n) is 8.96. The predicted molar refractivity (Wildman–Crippen MR) is 98.3 cm³/mol. The standard InChI is InChI=1S/C19H24N6/c1-14-7-8-15(12-17(14)20-13-16-9-10-21-24(16)2)19-23-22-18-6-4-3-5-11-25(18)19/h7-10,12,20H,3-6,11,13H2,1-2H3. The molecule has 0 unspecified atom stereocenters. The Morgan fingerprint density at radius 3 is 2.88 bits per heavy atom. The van der Waals surface area contributed by atoms with Crippen LogP contribution in [-0.4, -0.2) is 24.5 Å². The van der Waals surface area contributed by atoms with Gasteiger partial charge in [0, 0.05) is 37.5 Å². The fourth-order valence-corrected chi connectivity index (χ4v) is 3.41. The Morgan fingerprint density at radius 2 is 2.04 bits per heavy atom. The van der Waals surface area contributed by atoms with Crippen molar-refractivity contribution in [2.24, 2.45) is 7.05 Å². The average molecular weight is 336 g/mol. The molecular formula is C19H24N6. The monoisotopic (exact) mass is 336 g/mol. The second-order valence-electron chi connectivity index (χ2n) is 6.73. The summed E-state index contributed by atoms with van der Waals surface area (Å²) in [6, 6.07) is 8.52. The minimum absolute atomic E-state index is 0.749. The van der Waals surface area contributed by atoms with Gasteiger partial charge < -0.3 is 9.88 Å². The van der Waals surface area contributed by atoms with Gasteiger partial charge in [-0.05, 0) is 37.5 Å². The fourth-order valence-electron chi connectivity index (χ4n) is 3.41. The number of rotatable bonds is 4. The van der Waals surface area contributed by atoms with E-state index in [1.54, 1.807) is 0 Å². The third-order valence-electron chi connectivity index (χ3n) is 4.99. The van der Waals surface area contributed by atoms with E-state index in [9.17, 15) is 0 Å². The SMILES string of the molecule is Cc1ccc(-c2nnc3n2CCCCC3)cc1NCc1ccnn1C. The van der Waals surface area contributed by atoms with Gasteiger partial charge in [0.05, 0.1) is 12.2 Å². The molecule has 0 amide bonds. The van der Waals surface area contributed by atoms with Crippen LogP contribution in [0, 0.1) is 6.92 Å². The summed E-state index contributed by atoms with van der Waals surface area (Å²) in [5.74, 6) is 2.11. The third-order valence-corrected chi connectivity index (χ3v) is 4.99. The molecule has 0 aliphatic carbocycles. The maximum atomic E-state index is 4.48. The largest absolute Gasteiger partial charge is 0.379 e. The number of anilines is 1. The lowest BCUT2D eigenvalue weighted by molar-refractivity contribution is 0.636. The van der Waals surface area contributed by atoms with Gasteiger partial charge in [-0.1, -0.05) is 18.6 Å². The maximum absolute atomic E-state index is 4.48. The van der Waals surface area contributed by atoms with Gasteiger partial charge >= 0.3 is 0 Å². The Morgan fingerprint density at radius 1 is 1.12 bits per heavy atom. The zero-order valence-corrected chi connectivity index (χ0v) is 14.9. The second kappa shape index (κ2) is 6.70. The number of nitrogens with zero attached hydrogens (tertiary/aromatic N) is 5. The minimum Gasteiger partial charge on any atom is -0.379 e. The van der Waals surface area contributed by atoms with Gasteiger partial charge in [-0.2, -0.15) is 5.10 Å². The van der Waals surface area contributed by atoms with Crippen LogP contribution in [0.3, 0.4) is 0 Å². The van der Waals surface area contributed by atoms with E-state index < -0.39 is 0 Å². The molecule has 1 aliphatic heterocycles. The van der Waals surface area contributed by atoms with Crippen molar-refractivity contribution >= 4 is 5.69 Å². The molecule has 2 aromatic heterocycles. The summed E-state index contributed by atoms with van der Waals surface area (Å²) in [6.45, 7) is 3.89. The Kier molecular flexibility index (Phi) is 4.26. The molecule has 6 nitrogen and oxygen atoms in total. The fraction of sp³-hybridized carbons (Fsp3) is 0.421. The Balaban J connectivity index is 1.61. The highest BCUT2D eigenvalue weighted by atomic mass is 15.3. The van der Waals surface area contributed by atoms with Crippen LogP contribution in [0.2, 0.25) is 0 Å². The third kappa shape index (κ3) is 3.16. The summed E-state index contributed by atoms with van der Waals surface area (Å²) in [5, 5.41) is 16.7. The summed E-state index contributed by atoms with van der Waals surface area (Å²) < 4.78 is 4.19. The Labute approximate surface area is 147 Å². The molecule has 3 heterocycles. The van der Waals surface area contributed by atoms with E-state index in [1.165, 1.54) is 24.8 Å². The van der Waals surface area contributed by atoms with Crippen molar-refractivity contribution in [2.45, 2.75) is 45.7 Å². The van der Waals surface area contributed by atoms with Crippen molar-refractivity contribution in [2.75, 3.05) is 5.32 Å². The molecule has 0 spiro atoms. The smallest absolute Gasteiger partial charge is 0.164 e. The van der Waals surface area contributed by atoms with E-state index in [4.69, 9.17) is 0 Å². The van der Waals surface area contributed by atoms with E-state index in [0.29, 0.717) is 0 Å². The van der Waals surface area contributed by atoms with Crippen LogP contribution in [0.5, 0.6) is 0 Å². The van der Waals surface area contributed by atoms with Crippen molar-refractivity contribution in [3.05, 3.63) is 47.5 Å². The Hall–Kier alpha value is -2.63. The summed E-state index contributed by atoms with van der Waals surface area (Å²) in [7, 11) is 1.96. The highest BCUT2D eigenvalue weighted by Crippen LogP contribution is 2.27. The zero-order chi connectivity index (χ0) is 17.2. The van der Waals surface area contributed by atoms with Crippen molar-refractivity contribution in [3.8, 4) is 11.4 Å². The van der Waals surface area contributed by atoms with E-state index in [-0.39, 0.29) is 0 Å². The molecule has 0 fully saturated rings. The topological polar surface area (TPSA) is 60.6 Å². The highest BCUT2D eigenvalue weighted by Gasteiger charge is 2.16. The van der Waals surface area contributed by atoms with Gasteiger partial charge in [-0.25, -0.2) is 0 Å². The first kappa shape index (κ1) is 15.9. The Bertz CT molecular complexity index is 876. The van der Waals surface area contributed by atoms with Crippen LogP contribution in [-0.2, 0) is 26.6 Å². The zero-order valence-electron chi connectivity index (χ0n) is 14.9. The average Bonchev–Trinajstić information content (AvgIpc) is 3.13. The highest BCUT2D eigenvalue weighted by molar-refractivity contribution is 5.65. The van der Waals surface area contributed by atoms with E-state index >= 15 is 0 Å². The van der Waals surface area contributed by atoms with Gasteiger partial charge in [-0.15, -0.1) is 10.2 Å². The lowest BCUT2D eigenvalue weighted by Crippen LogP contribution is -2.07. The second-order valence-corrected chi connectivity index (χ2v) is 6.73. The van der Waals surface area contributed by atoms with Gasteiger partial charge in [-0.3, -0.25) is 4.68 Å². The number of fused-ring (bicyclic) bond motifs is 1. The van der Waals surface area contributed by atoms with Gasteiger partial charge in [0.25, 0.3) is 0 Å². The normalized spacial score (nSPS) is 14.2. The molecule has 6 heteroatoms. The summed E-state index contributed by atoms with van der Waals surface area (Å²) in [5.41, 5.74) is 4.63. The van der Waals surface area contributed by atoms with Crippen LogP contribution in [0.4, 0.5) is 5.69 Å².